The van der Waals surface area contributed by atoms with E-state index in [1.807, 2.05) is 24.3 Å². The molecule has 0 aliphatic rings. The molecule has 0 N–H and O–H groups in total. The molecule has 6 nitrogen and oxygen atoms in total. The predicted octanol–water partition coefficient (Wildman–Crippen LogP) is 3.76. The molecular formula is C23H23N3O3. The zero-order valence-corrected chi connectivity index (χ0v) is 16.8. The van der Waals surface area contributed by atoms with Crippen molar-refractivity contribution < 1.29 is 4.74 Å². The molecule has 6 heteroatoms. The van der Waals surface area contributed by atoms with Gasteiger partial charge in [0, 0.05) is 18.9 Å². The van der Waals surface area contributed by atoms with Crippen LogP contribution in [0.4, 0.5) is 0 Å². The van der Waals surface area contributed by atoms with Crippen LogP contribution in [0.25, 0.3) is 27.5 Å². The van der Waals surface area contributed by atoms with E-state index in [2.05, 4.69) is 18.8 Å². The summed E-state index contributed by atoms with van der Waals surface area (Å²) in [6, 6.07) is 12.6. The molecule has 4 aromatic rings. The highest BCUT2D eigenvalue weighted by atomic mass is 16.5. The summed E-state index contributed by atoms with van der Waals surface area (Å²) in [5, 5.41) is 0.864. The van der Waals surface area contributed by atoms with Gasteiger partial charge >= 0.3 is 0 Å². The summed E-state index contributed by atoms with van der Waals surface area (Å²) in [5.41, 5.74) is 1.44. The monoisotopic (exact) mass is 389 g/mol. The van der Waals surface area contributed by atoms with Gasteiger partial charge in [0.1, 0.15) is 5.75 Å². The lowest BCUT2D eigenvalue weighted by Gasteiger charge is -2.12. The maximum atomic E-state index is 13.2. The van der Waals surface area contributed by atoms with Crippen molar-refractivity contribution >= 4 is 21.8 Å². The van der Waals surface area contributed by atoms with Crippen molar-refractivity contribution in [3.8, 4) is 11.4 Å². The molecule has 0 atom stereocenters. The average molecular weight is 389 g/mol. The maximum absolute atomic E-state index is 13.2. The number of pyridine rings is 3. The molecule has 0 unspecified atom stereocenters. The molecule has 4 rings (SSSR count). The number of methoxy groups -OCH3 is 1. The number of ether oxygens (including phenoxy) is 1. The van der Waals surface area contributed by atoms with Crippen LogP contribution in [0.3, 0.4) is 0 Å². The number of fused-ring (bicyclic) bond motifs is 2. The first kappa shape index (κ1) is 18.9. The molecule has 0 radical (unpaired) electrons. The highest BCUT2D eigenvalue weighted by Crippen LogP contribution is 2.22. The molecule has 0 fully saturated rings. The number of hydrogen-bond acceptors (Lipinski definition) is 4. The number of nitrogens with zero attached hydrogens (tertiary/aromatic N) is 3. The van der Waals surface area contributed by atoms with Gasteiger partial charge in [0.25, 0.3) is 11.1 Å². The summed E-state index contributed by atoms with van der Waals surface area (Å²) in [5.74, 6) is 1.10. The zero-order chi connectivity index (χ0) is 20.5. The second kappa shape index (κ2) is 7.54. The Morgan fingerprint density at radius 2 is 1.66 bits per heavy atom. The van der Waals surface area contributed by atoms with Gasteiger partial charge in [0.15, 0.2) is 0 Å². The second-order valence-electron chi connectivity index (χ2n) is 7.51. The third-order valence-electron chi connectivity index (χ3n) is 5.11. The van der Waals surface area contributed by atoms with Crippen molar-refractivity contribution in [3.05, 3.63) is 75.6 Å². The molecule has 0 aliphatic carbocycles. The molecule has 0 saturated carbocycles. The molecule has 0 amide bonds. The number of hydrogen-bond donors (Lipinski definition) is 0. The quantitative estimate of drug-likeness (QED) is 0.488. The largest absolute Gasteiger partial charge is 0.495 e. The Labute approximate surface area is 168 Å². The van der Waals surface area contributed by atoms with Crippen LogP contribution in [-0.4, -0.2) is 21.2 Å². The molecule has 3 aromatic heterocycles. The summed E-state index contributed by atoms with van der Waals surface area (Å²) in [6.07, 6.45) is 4.38. The number of aryl methyl sites for hydroxylation is 1. The molecule has 0 bridgehead atoms. The number of aromatic nitrogens is 3. The first-order valence-electron chi connectivity index (χ1n) is 9.68. The summed E-state index contributed by atoms with van der Waals surface area (Å²) < 4.78 is 8.60. The van der Waals surface area contributed by atoms with Crippen LogP contribution in [0, 0.1) is 5.92 Å². The van der Waals surface area contributed by atoms with E-state index in [1.54, 1.807) is 42.3 Å². The van der Waals surface area contributed by atoms with Crippen molar-refractivity contribution in [1.82, 2.24) is 14.1 Å². The molecule has 148 valence electrons. The second-order valence-corrected chi connectivity index (χ2v) is 7.51. The first-order chi connectivity index (χ1) is 14.0. The summed E-state index contributed by atoms with van der Waals surface area (Å²) in [4.78, 5) is 30.7. The Balaban J connectivity index is 1.93. The highest BCUT2D eigenvalue weighted by Gasteiger charge is 2.12. The molecule has 0 aliphatic heterocycles. The normalized spacial score (nSPS) is 11.4. The van der Waals surface area contributed by atoms with Crippen molar-refractivity contribution in [2.24, 2.45) is 5.92 Å². The minimum absolute atomic E-state index is 0.121. The third-order valence-corrected chi connectivity index (χ3v) is 5.11. The van der Waals surface area contributed by atoms with E-state index in [-0.39, 0.29) is 11.1 Å². The minimum Gasteiger partial charge on any atom is -0.495 e. The van der Waals surface area contributed by atoms with Gasteiger partial charge < -0.3 is 9.30 Å². The van der Waals surface area contributed by atoms with Gasteiger partial charge in [-0.15, -0.1) is 0 Å². The standard InChI is InChI=1S/C23H23N3O3/c1-15(2)8-11-25-12-9-18-16(22(25)27)14-17-19(24-18)10-13-26(23(17)28)20-6-4-5-7-21(20)29-3/h4-7,9-10,12-15H,8,11H2,1-3H3. The number of benzene rings is 1. The van der Waals surface area contributed by atoms with Crippen molar-refractivity contribution in [2.75, 3.05) is 7.11 Å². The van der Waals surface area contributed by atoms with Crippen molar-refractivity contribution in [1.29, 1.82) is 0 Å². The fourth-order valence-corrected chi connectivity index (χ4v) is 3.46. The molecule has 1 aromatic carbocycles. The highest BCUT2D eigenvalue weighted by molar-refractivity contribution is 5.91. The lowest BCUT2D eigenvalue weighted by atomic mass is 10.1. The fraction of sp³-hybridized carbons (Fsp3) is 0.261. The van der Waals surface area contributed by atoms with Gasteiger partial charge in [0.2, 0.25) is 0 Å². The van der Waals surface area contributed by atoms with Crippen LogP contribution < -0.4 is 15.9 Å². The first-order valence-corrected chi connectivity index (χ1v) is 9.68. The van der Waals surface area contributed by atoms with Gasteiger partial charge in [-0.2, -0.15) is 0 Å². The van der Waals surface area contributed by atoms with Crippen molar-refractivity contribution in [3.63, 3.8) is 0 Å². The molecular weight excluding hydrogens is 366 g/mol. The lowest BCUT2D eigenvalue weighted by Crippen LogP contribution is -2.22. The van der Waals surface area contributed by atoms with Gasteiger partial charge in [0.05, 0.1) is 34.6 Å². The van der Waals surface area contributed by atoms with E-state index in [9.17, 15) is 9.59 Å². The molecule has 0 saturated heterocycles. The summed E-state index contributed by atoms with van der Waals surface area (Å²) in [7, 11) is 1.57. The van der Waals surface area contributed by atoms with Gasteiger partial charge in [-0.3, -0.25) is 14.2 Å². The Hall–Kier alpha value is -3.41. The minimum atomic E-state index is -0.238. The smallest absolute Gasteiger partial charge is 0.264 e. The number of para-hydroxylation sites is 2. The van der Waals surface area contributed by atoms with E-state index in [4.69, 9.17) is 4.74 Å². The Morgan fingerprint density at radius 1 is 0.966 bits per heavy atom. The molecule has 29 heavy (non-hydrogen) atoms. The van der Waals surface area contributed by atoms with Crippen LogP contribution in [0.15, 0.2) is 64.4 Å². The van der Waals surface area contributed by atoms with E-state index >= 15 is 0 Å². The van der Waals surface area contributed by atoms with E-state index in [1.165, 1.54) is 4.57 Å². The Morgan fingerprint density at radius 3 is 2.38 bits per heavy atom. The van der Waals surface area contributed by atoms with Crippen LogP contribution in [0.5, 0.6) is 5.75 Å². The lowest BCUT2D eigenvalue weighted by molar-refractivity contribution is 0.412. The number of rotatable bonds is 5. The van der Waals surface area contributed by atoms with Crippen molar-refractivity contribution in [2.45, 2.75) is 26.8 Å². The average Bonchev–Trinajstić information content (AvgIpc) is 2.73. The fourth-order valence-electron chi connectivity index (χ4n) is 3.46. The van der Waals surface area contributed by atoms with Crippen LogP contribution in [0.2, 0.25) is 0 Å². The zero-order valence-electron chi connectivity index (χ0n) is 16.8. The molecule has 0 spiro atoms. The molecule has 3 heterocycles. The van der Waals surface area contributed by atoms with Gasteiger partial charge in [-0.1, -0.05) is 26.0 Å². The topological polar surface area (TPSA) is 66.1 Å². The van der Waals surface area contributed by atoms with E-state index < -0.39 is 0 Å². The predicted molar refractivity (Wildman–Crippen MR) is 115 cm³/mol. The van der Waals surface area contributed by atoms with E-state index in [0.29, 0.717) is 45.7 Å². The Bertz CT molecular complexity index is 1320. The Kier molecular flexibility index (Phi) is 4.92. The SMILES string of the molecule is COc1ccccc1-n1ccc2nc3ccn(CCC(C)C)c(=O)c3cc2c1=O. The van der Waals surface area contributed by atoms with E-state index in [0.717, 1.165) is 6.42 Å². The van der Waals surface area contributed by atoms with Crippen LogP contribution in [0.1, 0.15) is 20.3 Å². The van der Waals surface area contributed by atoms with Gasteiger partial charge in [-0.25, -0.2) is 4.98 Å². The third kappa shape index (κ3) is 3.42. The maximum Gasteiger partial charge on any atom is 0.264 e. The van der Waals surface area contributed by atoms with Crippen LogP contribution in [-0.2, 0) is 6.54 Å². The summed E-state index contributed by atoms with van der Waals surface area (Å²) >= 11 is 0. The summed E-state index contributed by atoms with van der Waals surface area (Å²) in [6.45, 7) is 4.90. The van der Waals surface area contributed by atoms with Gasteiger partial charge in [-0.05, 0) is 42.7 Å². The van der Waals surface area contributed by atoms with Crippen LogP contribution >= 0.6 is 0 Å².